The number of nitrogen functional groups attached to an aromatic ring is 1. The van der Waals surface area contributed by atoms with Crippen LogP contribution in [0.3, 0.4) is 0 Å². The molecule has 0 aliphatic carbocycles. The first kappa shape index (κ1) is 19.3. The number of benzene rings is 1. The molecule has 11 heteroatoms. The normalized spacial score (nSPS) is 11.4. The Kier molecular flexibility index (Phi) is 5.09. The Hall–Kier alpha value is -2.07. The molecule has 0 saturated carbocycles. The van der Waals surface area contributed by atoms with Crippen LogP contribution in [0.2, 0.25) is 10.0 Å². The predicted octanol–water partition coefficient (Wildman–Crippen LogP) is 4.17. The lowest BCUT2D eigenvalue weighted by molar-refractivity contribution is 0.848. The van der Waals surface area contributed by atoms with Crippen molar-refractivity contribution in [2.75, 3.05) is 5.84 Å². The largest absolute Gasteiger partial charge is 0.335 e. The maximum absolute atomic E-state index is 12.4. The van der Waals surface area contributed by atoms with Gasteiger partial charge in [-0.25, -0.2) is 9.66 Å². The molecular formula is C17H14Cl2N6OS2. The van der Waals surface area contributed by atoms with Crippen molar-refractivity contribution in [1.82, 2.24) is 24.8 Å². The monoisotopic (exact) mass is 452 g/mol. The summed E-state index contributed by atoms with van der Waals surface area (Å²) >= 11 is 15.0. The average Bonchev–Trinajstić information content (AvgIpc) is 3.13. The van der Waals surface area contributed by atoms with Crippen LogP contribution < -0.4 is 11.4 Å². The fourth-order valence-electron chi connectivity index (χ4n) is 2.73. The molecule has 7 nitrogen and oxygen atoms in total. The third-order valence-electron chi connectivity index (χ3n) is 4.26. The maximum Gasteiger partial charge on any atom is 0.259 e. The Morgan fingerprint density at radius 3 is 2.82 bits per heavy atom. The second kappa shape index (κ2) is 7.40. The fourth-order valence-corrected chi connectivity index (χ4v) is 5.00. The second-order valence-electron chi connectivity index (χ2n) is 6.07. The zero-order valence-electron chi connectivity index (χ0n) is 14.8. The minimum absolute atomic E-state index is 0.134. The number of fused-ring (bicyclic) bond motifs is 1. The van der Waals surface area contributed by atoms with Gasteiger partial charge in [-0.2, -0.15) is 0 Å². The summed E-state index contributed by atoms with van der Waals surface area (Å²) < 4.78 is 1.36. The standard InChI is InChI=1S/C17H14Cl2N6OS2/c1-7-8(2)28-16-13(7)15(26)21-12(22-16)6-27-17-24-23-14(25(17)20)10-4-3-9(18)5-11(10)19/h3-5H,6,20H2,1-2H3,(H,21,22,26). The summed E-state index contributed by atoms with van der Waals surface area (Å²) in [7, 11) is 0. The van der Waals surface area contributed by atoms with Gasteiger partial charge >= 0.3 is 0 Å². The lowest BCUT2D eigenvalue weighted by Gasteiger charge is -2.05. The van der Waals surface area contributed by atoms with Gasteiger partial charge in [0.15, 0.2) is 5.82 Å². The van der Waals surface area contributed by atoms with Gasteiger partial charge < -0.3 is 10.8 Å². The van der Waals surface area contributed by atoms with Gasteiger partial charge in [-0.15, -0.1) is 21.5 Å². The van der Waals surface area contributed by atoms with Gasteiger partial charge in [-0.3, -0.25) is 4.79 Å². The van der Waals surface area contributed by atoms with Crippen LogP contribution in [0.4, 0.5) is 0 Å². The first-order valence-corrected chi connectivity index (χ1v) is 10.7. The highest BCUT2D eigenvalue weighted by Crippen LogP contribution is 2.31. The molecule has 0 bridgehead atoms. The van der Waals surface area contributed by atoms with E-state index in [4.69, 9.17) is 29.0 Å². The number of nitrogens with one attached hydrogen (secondary N) is 1. The maximum atomic E-state index is 12.4. The fraction of sp³-hybridized carbons (Fsp3) is 0.176. The molecule has 0 aliphatic heterocycles. The molecule has 4 rings (SSSR count). The third-order valence-corrected chi connectivity index (χ3v) is 6.87. The van der Waals surface area contributed by atoms with Gasteiger partial charge in [0, 0.05) is 15.5 Å². The number of aromatic amines is 1. The highest BCUT2D eigenvalue weighted by molar-refractivity contribution is 7.98. The Labute approximate surface area is 177 Å². The molecular weight excluding hydrogens is 439 g/mol. The molecule has 3 heterocycles. The molecule has 1 aromatic carbocycles. The number of nitrogens with two attached hydrogens (primary N) is 1. The molecule has 0 spiro atoms. The number of H-pyrrole nitrogens is 1. The first-order chi connectivity index (χ1) is 13.3. The second-order valence-corrected chi connectivity index (χ2v) is 9.05. The molecule has 0 saturated heterocycles. The van der Waals surface area contributed by atoms with Crippen LogP contribution in [0, 0.1) is 13.8 Å². The van der Waals surface area contributed by atoms with Gasteiger partial charge in [0.05, 0.1) is 16.2 Å². The van der Waals surface area contributed by atoms with E-state index in [0.717, 1.165) is 15.3 Å². The summed E-state index contributed by atoms with van der Waals surface area (Å²) in [6.45, 7) is 3.91. The molecule has 4 aromatic rings. The van der Waals surface area contributed by atoms with E-state index in [-0.39, 0.29) is 5.56 Å². The van der Waals surface area contributed by atoms with E-state index >= 15 is 0 Å². The van der Waals surface area contributed by atoms with Gasteiger partial charge in [-0.1, -0.05) is 35.0 Å². The number of hydrogen-bond acceptors (Lipinski definition) is 7. The minimum atomic E-state index is -0.134. The van der Waals surface area contributed by atoms with Crippen molar-refractivity contribution < 1.29 is 0 Å². The van der Waals surface area contributed by atoms with Gasteiger partial charge in [0.25, 0.3) is 5.56 Å². The summed E-state index contributed by atoms with van der Waals surface area (Å²) in [6, 6.07) is 5.06. The first-order valence-electron chi connectivity index (χ1n) is 8.12. The molecule has 0 radical (unpaired) electrons. The lowest BCUT2D eigenvalue weighted by Crippen LogP contribution is -2.13. The zero-order chi connectivity index (χ0) is 20.0. The smallest absolute Gasteiger partial charge is 0.259 e. The number of aromatic nitrogens is 5. The molecule has 144 valence electrons. The van der Waals surface area contributed by atoms with Crippen LogP contribution >= 0.6 is 46.3 Å². The molecule has 3 aromatic heterocycles. The van der Waals surface area contributed by atoms with Crippen molar-refractivity contribution in [3.63, 3.8) is 0 Å². The lowest BCUT2D eigenvalue weighted by atomic mass is 10.2. The number of halogens is 2. The SMILES string of the molecule is Cc1sc2nc(CSc3nnc(-c4ccc(Cl)cc4Cl)n3N)[nH]c(=O)c2c1C. The van der Waals surface area contributed by atoms with E-state index in [9.17, 15) is 4.79 Å². The Balaban J connectivity index is 1.60. The van der Waals surface area contributed by atoms with Crippen molar-refractivity contribution >= 4 is 56.5 Å². The number of hydrogen-bond donors (Lipinski definition) is 2. The van der Waals surface area contributed by atoms with E-state index in [2.05, 4.69) is 20.2 Å². The van der Waals surface area contributed by atoms with E-state index < -0.39 is 0 Å². The van der Waals surface area contributed by atoms with E-state index in [1.54, 1.807) is 18.2 Å². The van der Waals surface area contributed by atoms with Gasteiger partial charge in [0.1, 0.15) is 10.7 Å². The number of aryl methyl sites for hydroxylation is 2. The van der Waals surface area contributed by atoms with Crippen LogP contribution in [0.25, 0.3) is 21.6 Å². The van der Waals surface area contributed by atoms with Gasteiger partial charge in [-0.05, 0) is 37.6 Å². The van der Waals surface area contributed by atoms with Crippen LogP contribution in [-0.4, -0.2) is 24.8 Å². The minimum Gasteiger partial charge on any atom is -0.335 e. The van der Waals surface area contributed by atoms with Crippen molar-refractivity contribution in [1.29, 1.82) is 0 Å². The van der Waals surface area contributed by atoms with Crippen LogP contribution in [-0.2, 0) is 5.75 Å². The number of rotatable bonds is 4. The molecule has 0 amide bonds. The van der Waals surface area contributed by atoms with E-state index in [0.29, 0.717) is 43.6 Å². The molecule has 3 N–H and O–H groups in total. The highest BCUT2D eigenvalue weighted by atomic mass is 35.5. The quantitative estimate of drug-likeness (QED) is 0.355. The van der Waals surface area contributed by atoms with Crippen LogP contribution in [0.1, 0.15) is 16.3 Å². The number of thioether (sulfide) groups is 1. The highest BCUT2D eigenvalue weighted by Gasteiger charge is 2.17. The van der Waals surface area contributed by atoms with Gasteiger partial charge in [0.2, 0.25) is 5.16 Å². The summed E-state index contributed by atoms with van der Waals surface area (Å²) in [5.74, 6) is 7.51. The Morgan fingerprint density at radius 2 is 2.07 bits per heavy atom. The van der Waals surface area contributed by atoms with Crippen molar-refractivity contribution in [2.45, 2.75) is 24.8 Å². The molecule has 0 aliphatic rings. The summed E-state index contributed by atoms with van der Waals surface area (Å²) in [5, 5.41) is 10.3. The number of nitrogens with zero attached hydrogens (tertiary/aromatic N) is 4. The number of thiophene rings is 1. The van der Waals surface area contributed by atoms with E-state index in [1.807, 2.05) is 13.8 Å². The summed E-state index contributed by atoms with van der Waals surface area (Å²) in [4.78, 5) is 21.6. The summed E-state index contributed by atoms with van der Waals surface area (Å²) in [5.41, 5.74) is 1.47. The van der Waals surface area contributed by atoms with Crippen LogP contribution in [0.15, 0.2) is 28.2 Å². The molecule has 0 unspecified atom stereocenters. The van der Waals surface area contributed by atoms with Crippen molar-refractivity contribution in [3.05, 3.63) is 54.9 Å². The Bertz CT molecular complexity index is 1260. The Morgan fingerprint density at radius 1 is 1.29 bits per heavy atom. The van der Waals surface area contributed by atoms with Crippen molar-refractivity contribution in [2.24, 2.45) is 0 Å². The predicted molar refractivity (Wildman–Crippen MR) is 115 cm³/mol. The van der Waals surface area contributed by atoms with Crippen molar-refractivity contribution in [3.8, 4) is 11.4 Å². The van der Waals surface area contributed by atoms with E-state index in [1.165, 1.54) is 27.8 Å². The van der Waals surface area contributed by atoms with Crippen LogP contribution in [0.5, 0.6) is 0 Å². The molecule has 28 heavy (non-hydrogen) atoms. The third kappa shape index (κ3) is 3.39. The zero-order valence-corrected chi connectivity index (χ0v) is 17.9. The molecule has 0 atom stereocenters. The molecule has 0 fully saturated rings. The summed E-state index contributed by atoms with van der Waals surface area (Å²) in [6.07, 6.45) is 0. The topological polar surface area (TPSA) is 102 Å². The average molecular weight is 453 g/mol.